The molecule has 102 valence electrons. The van der Waals surface area contributed by atoms with Gasteiger partial charge in [0.05, 0.1) is 0 Å². The van der Waals surface area contributed by atoms with Gasteiger partial charge in [-0.05, 0) is 30.5 Å². The first-order valence-corrected chi connectivity index (χ1v) is 6.60. The average Bonchev–Trinajstić information content (AvgIpc) is 2.36. The number of rotatable bonds is 6. The Bertz CT molecular complexity index is 471. The van der Waals surface area contributed by atoms with E-state index in [1.54, 1.807) is 24.3 Å². The van der Waals surface area contributed by atoms with Crippen LogP contribution in [-0.2, 0) is 9.59 Å². The molecular weight excluding hydrogens is 268 g/mol. The van der Waals surface area contributed by atoms with Gasteiger partial charge in [0.1, 0.15) is 13.1 Å². The molecule has 7 heteroatoms. The number of hydrogen-bond donors (Lipinski definition) is 2. The maximum absolute atomic E-state index is 12.1. The standard InChI is InChI=1S/C12H14N2O4S/c1-19-9-4-2-8(3-5-9)12(18)14(6-10(13)15)7-11(16)17/h2-5H,6-7H2,1H3,(H2,13,15)(H,16,17). The lowest BCUT2D eigenvalue weighted by molar-refractivity contribution is -0.138. The Balaban J connectivity index is 2.90. The summed E-state index contributed by atoms with van der Waals surface area (Å²) in [4.78, 5) is 35.5. The van der Waals surface area contributed by atoms with E-state index < -0.39 is 30.9 Å². The zero-order valence-electron chi connectivity index (χ0n) is 10.3. The van der Waals surface area contributed by atoms with Crippen LogP contribution in [-0.4, -0.2) is 47.1 Å². The van der Waals surface area contributed by atoms with Crippen molar-refractivity contribution in [3.05, 3.63) is 29.8 Å². The smallest absolute Gasteiger partial charge is 0.323 e. The monoisotopic (exact) mass is 282 g/mol. The minimum Gasteiger partial charge on any atom is -0.480 e. The van der Waals surface area contributed by atoms with E-state index in [0.717, 1.165) is 9.80 Å². The summed E-state index contributed by atoms with van der Waals surface area (Å²) in [6, 6.07) is 6.68. The van der Waals surface area contributed by atoms with Crippen LogP contribution >= 0.6 is 11.8 Å². The van der Waals surface area contributed by atoms with Crippen molar-refractivity contribution < 1.29 is 19.5 Å². The van der Waals surface area contributed by atoms with E-state index in [-0.39, 0.29) is 0 Å². The number of carboxylic acid groups (broad SMARTS) is 1. The van der Waals surface area contributed by atoms with Gasteiger partial charge in [-0.25, -0.2) is 0 Å². The number of carboxylic acids is 1. The fraction of sp³-hybridized carbons (Fsp3) is 0.250. The number of carbonyl (C=O) groups is 3. The fourth-order valence-corrected chi connectivity index (χ4v) is 1.88. The Morgan fingerprint density at radius 2 is 1.79 bits per heavy atom. The van der Waals surface area contributed by atoms with Gasteiger partial charge in [-0.15, -0.1) is 11.8 Å². The van der Waals surface area contributed by atoms with Crippen LogP contribution in [0.5, 0.6) is 0 Å². The van der Waals surface area contributed by atoms with Crippen LogP contribution in [0.3, 0.4) is 0 Å². The Kier molecular flexibility index (Phi) is 5.37. The molecule has 2 amide bonds. The van der Waals surface area contributed by atoms with Crippen molar-refractivity contribution in [3.8, 4) is 0 Å². The number of hydrogen-bond acceptors (Lipinski definition) is 4. The molecule has 19 heavy (non-hydrogen) atoms. The quantitative estimate of drug-likeness (QED) is 0.736. The minimum absolute atomic E-state index is 0.320. The SMILES string of the molecule is CSc1ccc(C(=O)N(CC(N)=O)CC(=O)O)cc1. The summed E-state index contributed by atoms with van der Waals surface area (Å²) in [6.07, 6.45) is 1.90. The van der Waals surface area contributed by atoms with Crippen LogP contribution in [0.4, 0.5) is 0 Å². The third-order valence-electron chi connectivity index (χ3n) is 2.30. The van der Waals surface area contributed by atoms with Crippen LogP contribution in [0.25, 0.3) is 0 Å². The Hall–Kier alpha value is -2.02. The predicted molar refractivity (Wildman–Crippen MR) is 71.0 cm³/mol. The molecule has 0 saturated carbocycles. The van der Waals surface area contributed by atoms with E-state index in [0.29, 0.717) is 5.56 Å². The van der Waals surface area contributed by atoms with E-state index in [4.69, 9.17) is 10.8 Å². The molecule has 0 unspecified atom stereocenters. The molecule has 0 radical (unpaired) electrons. The number of amides is 2. The summed E-state index contributed by atoms with van der Waals surface area (Å²) in [5.41, 5.74) is 5.32. The van der Waals surface area contributed by atoms with Gasteiger partial charge in [-0.3, -0.25) is 14.4 Å². The van der Waals surface area contributed by atoms with Crippen LogP contribution in [0, 0.1) is 0 Å². The van der Waals surface area contributed by atoms with Crippen LogP contribution in [0.2, 0.25) is 0 Å². The Morgan fingerprint density at radius 1 is 1.21 bits per heavy atom. The topological polar surface area (TPSA) is 101 Å². The number of nitrogens with two attached hydrogens (primary N) is 1. The molecule has 0 aliphatic carbocycles. The Labute approximate surface area is 114 Å². The number of primary amides is 1. The highest BCUT2D eigenvalue weighted by Crippen LogP contribution is 2.15. The second-order valence-corrected chi connectivity index (χ2v) is 4.63. The second-order valence-electron chi connectivity index (χ2n) is 3.75. The van der Waals surface area contributed by atoms with E-state index in [1.165, 1.54) is 11.8 Å². The van der Waals surface area contributed by atoms with Gasteiger partial charge >= 0.3 is 5.97 Å². The summed E-state index contributed by atoms with van der Waals surface area (Å²) in [6.45, 7) is -0.985. The lowest BCUT2D eigenvalue weighted by Gasteiger charge is -2.19. The lowest BCUT2D eigenvalue weighted by Crippen LogP contribution is -2.41. The van der Waals surface area contributed by atoms with Gasteiger partial charge in [0.15, 0.2) is 0 Å². The fourth-order valence-electron chi connectivity index (χ4n) is 1.47. The molecule has 0 aliphatic heterocycles. The zero-order valence-corrected chi connectivity index (χ0v) is 11.1. The molecule has 0 bridgehead atoms. The maximum Gasteiger partial charge on any atom is 0.323 e. The molecule has 0 heterocycles. The third kappa shape index (κ3) is 4.63. The van der Waals surface area contributed by atoms with Gasteiger partial charge in [-0.1, -0.05) is 0 Å². The van der Waals surface area contributed by atoms with Crippen molar-refractivity contribution in [2.24, 2.45) is 5.73 Å². The summed E-state index contributed by atoms with van der Waals surface area (Å²) < 4.78 is 0. The van der Waals surface area contributed by atoms with Gasteiger partial charge in [0, 0.05) is 10.5 Å². The largest absolute Gasteiger partial charge is 0.480 e. The number of benzene rings is 1. The van der Waals surface area contributed by atoms with E-state index >= 15 is 0 Å². The highest BCUT2D eigenvalue weighted by Gasteiger charge is 2.20. The average molecular weight is 282 g/mol. The minimum atomic E-state index is -1.20. The van der Waals surface area contributed by atoms with Gasteiger partial charge in [-0.2, -0.15) is 0 Å². The number of thioether (sulfide) groups is 1. The highest BCUT2D eigenvalue weighted by molar-refractivity contribution is 7.98. The van der Waals surface area contributed by atoms with Gasteiger partial charge in [0.25, 0.3) is 5.91 Å². The molecule has 6 nitrogen and oxygen atoms in total. The first kappa shape index (κ1) is 15.0. The van der Waals surface area contributed by atoms with Crippen molar-refractivity contribution in [3.63, 3.8) is 0 Å². The molecule has 0 atom stereocenters. The summed E-state index contributed by atoms with van der Waals surface area (Å²) >= 11 is 1.53. The molecule has 0 aliphatic rings. The zero-order chi connectivity index (χ0) is 14.4. The van der Waals surface area contributed by atoms with Gasteiger partial charge in [0.2, 0.25) is 5.91 Å². The first-order valence-electron chi connectivity index (χ1n) is 5.37. The lowest BCUT2D eigenvalue weighted by atomic mass is 10.2. The molecule has 0 aromatic heterocycles. The number of nitrogens with zero attached hydrogens (tertiary/aromatic N) is 1. The number of carbonyl (C=O) groups excluding carboxylic acids is 2. The van der Waals surface area contributed by atoms with Crippen molar-refractivity contribution >= 4 is 29.5 Å². The van der Waals surface area contributed by atoms with Crippen LogP contribution in [0.15, 0.2) is 29.2 Å². The van der Waals surface area contributed by atoms with E-state index in [9.17, 15) is 14.4 Å². The predicted octanol–water partition coefficient (Wildman–Crippen LogP) is 0.421. The van der Waals surface area contributed by atoms with E-state index in [1.807, 2.05) is 6.26 Å². The first-order chi connectivity index (χ1) is 8.93. The summed E-state index contributed by atoms with van der Waals surface area (Å²) in [5.74, 6) is -2.49. The van der Waals surface area contributed by atoms with Crippen molar-refractivity contribution in [2.75, 3.05) is 19.3 Å². The number of aliphatic carboxylic acids is 1. The molecule has 1 aromatic carbocycles. The van der Waals surface area contributed by atoms with Crippen LogP contribution < -0.4 is 5.73 Å². The molecule has 1 rings (SSSR count). The summed E-state index contributed by atoms with van der Waals surface area (Å²) in [5, 5.41) is 8.73. The van der Waals surface area contributed by atoms with Gasteiger partial charge < -0.3 is 15.7 Å². The normalized spacial score (nSPS) is 9.95. The molecule has 3 N–H and O–H groups in total. The van der Waals surface area contributed by atoms with Crippen molar-refractivity contribution in [2.45, 2.75) is 4.90 Å². The highest BCUT2D eigenvalue weighted by atomic mass is 32.2. The maximum atomic E-state index is 12.1. The molecule has 0 fully saturated rings. The molecule has 0 saturated heterocycles. The van der Waals surface area contributed by atoms with Crippen LogP contribution in [0.1, 0.15) is 10.4 Å². The van der Waals surface area contributed by atoms with Crippen molar-refractivity contribution in [1.29, 1.82) is 0 Å². The Morgan fingerprint density at radius 3 is 2.21 bits per heavy atom. The molecule has 1 aromatic rings. The molecular formula is C12H14N2O4S. The molecule has 0 spiro atoms. The van der Waals surface area contributed by atoms with E-state index in [2.05, 4.69) is 0 Å². The van der Waals surface area contributed by atoms with Crippen molar-refractivity contribution in [1.82, 2.24) is 4.90 Å². The third-order valence-corrected chi connectivity index (χ3v) is 3.04. The summed E-state index contributed by atoms with van der Waals surface area (Å²) in [7, 11) is 0. The second kappa shape index (κ2) is 6.79.